The number of hydrogen-bond donors (Lipinski definition) is 1. The summed E-state index contributed by atoms with van der Waals surface area (Å²) in [6.07, 6.45) is 3.30. The Morgan fingerprint density at radius 2 is 2.00 bits per heavy atom. The molecule has 1 aliphatic heterocycles. The first kappa shape index (κ1) is 10.5. The van der Waals surface area contributed by atoms with E-state index in [1.165, 1.54) is 6.42 Å². The Hall–Kier alpha value is -1.06. The molecule has 0 bridgehead atoms. The maximum absolute atomic E-state index is 11.8. The Morgan fingerprint density at radius 3 is 2.47 bits per heavy atom. The van der Waals surface area contributed by atoms with Crippen LogP contribution >= 0.6 is 0 Å². The lowest BCUT2D eigenvalue weighted by molar-refractivity contribution is -0.152. The monoisotopic (exact) mass is 210 g/mol. The minimum Gasteiger partial charge on any atom is -0.345 e. The van der Waals surface area contributed by atoms with Crippen LogP contribution in [0.15, 0.2) is 0 Å². The molecule has 1 aliphatic carbocycles. The van der Waals surface area contributed by atoms with Gasteiger partial charge in [0.1, 0.15) is 6.04 Å². The second-order valence-corrected chi connectivity index (χ2v) is 4.79. The molecule has 4 nitrogen and oxygen atoms in total. The molecule has 1 unspecified atom stereocenters. The number of carbonyl (C=O) groups is 2. The number of rotatable bonds is 2. The summed E-state index contributed by atoms with van der Waals surface area (Å²) in [7, 11) is 0. The molecule has 2 aliphatic rings. The minimum absolute atomic E-state index is 0.0106. The first-order chi connectivity index (χ1) is 7.11. The predicted molar refractivity (Wildman–Crippen MR) is 56.1 cm³/mol. The molecule has 1 atom stereocenters. The van der Waals surface area contributed by atoms with E-state index in [1.54, 1.807) is 0 Å². The van der Waals surface area contributed by atoms with Crippen LogP contribution in [0, 0.1) is 5.92 Å². The molecule has 0 aromatic carbocycles. The van der Waals surface area contributed by atoms with Gasteiger partial charge in [-0.25, -0.2) is 0 Å². The van der Waals surface area contributed by atoms with Gasteiger partial charge in [0.05, 0.1) is 6.54 Å². The fourth-order valence-corrected chi connectivity index (χ4v) is 2.36. The Kier molecular flexibility index (Phi) is 2.67. The summed E-state index contributed by atoms with van der Waals surface area (Å²) >= 11 is 0. The smallest absolute Gasteiger partial charge is 0.243 e. The maximum atomic E-state index is 11.8. The van der Waals surface area contributed by atoms with Gasteiger partial charge in [0.15, 0.2) is 0 Å². The van der Waals surface area contributed by atoms with Gasteiger partial charge in [0.25, 0.3) is 0 Å². The van der Waals surface area contributed by atoms with Gasteiger partial charge in [-0.15, -0.1) is 0 Å². The van der Waals surface area contributed by atoms with Crippen molar-refractivity contribution in [3.63, 3.8) is 0 Å². The Balaban J connectivity index is 2.19. The standard InChI is InChI=1S/C11H18N2O2/c1-7(2)10-11(15)12-6-9(14)13(10)8-4-3-5-8/h7-8,10H,3-6H2,1-2H3,(H,12,15). The van der Waals surface area contributed by atoms with Crippen LogP contribution in [0.3, 0.4) is 0 Å². The Labute approximate surface area is 90.0 Å². The van der Waals surface area contributed by atoms with E-state index >= 15 is 0 Å². The molecule has 1 heterocycles. The van der Waals surface area contributed by atoms with Gasteiger partial charge in [-0.1, -0.05) is 13.8 Å². The SMILES string of the molecule is CC(C)C1C(=O)NCC(=O)N1C1CCC1. The van der Waals surface area contributed by atoms with E-state index in [9.17, 15) is 9.59 Å². The lowest BCUT2D eigenvalue weighted by Crippen LogP contribution is -2.64. The van der Waals surface area contributed by atoms with E-state index in [4.69, 9.17) is 0 Å². The van der Waals surface area contributed by atoms with Crippen LogP contribution in [0.25, 0.3) is 0 Å². The Morgan fingerprint density at radius 1 is 1.33 bits per heavy atom. The average molecular weight is 210 g/mol. The molecule has 4 heteroatoms. The number of hydrogen-bond acceptors (Lipinski definition) is 2. The van der Waals surface area contributed by atoms with Crippen molar-refractivity contribution in [2.45, 2.75) is 45.2 Å². The molecule has 15 heavy (non-hydrogen) atoms. The van der Waals surface area contributed by atoms with Gasteiger partial charge >= 0.3 is 0 Å². The number of carbonyl (C=O) groups excluding carboxylic acids is 2. The van der Waals surface area contributed by atoms with Crippen LogP contribution in [0.5, 0.6) is 0 Å². The van der Waals surface area contributed by atoms with Gasteiger partial charge in [-0.2, -0.15) is 0 Å². The van der Waals surface area contributed by atoms with Gasteiger partial charge < -0.3 is 10.2 Å². The molecule has 0 radical (unpaired) electrons. The van der Waals surface area contributed by atoms with E-state index in [1.807, 2.05) is 18.7 Å². The molecule has 2 rings (SSSR count). The summed E-state index contributed by atoms with van der Waals surface area (Å²) in [4.78, 5) is 25.4. The fraction of sp³-hybridized carbons (Fsp3) is 0.818. The topological polar surface area (TPSA) is 49.4 Å². The zero-order chi connectivity index (χ0) is 11.0. The van der Waals surface area contributed by atoms with E-state index in [2.05, 4.69) is 5.32 Å². The van der Waals surface area contributed by atoms with Crippen LogP contribution < -0.4 is 5.32 Å². The third kappa shape index (κ3) is 1.73. The van der Waals surface area contributed by atoms with Crippen molar-refractivity contribution in [1.82, 2.24) is 10.2 Å². The number of nitrogens with one attached hydrogen (secondary N) is 1. The highest BCUT2D eigenvalue weighted by Crippen LogP contribution is 2.29. The average Bonchev–Trinajstić information content (AvgIpc) is 2.08. The number of amides is 2. The van der Waals surface area contributed by atoms with E-state index in [0.717, 1.165) is 12.8 Å². The summed E-state index contributed by atoms with van der Waals surface area (Å²) in [6, 6.07) is 0.0625. The summed E-state index contributed by atoms with van der Waals surface area (Å²) in [6.45, 7) is 4.17. The molecule has 1 saturated heterocycles. The largest absolute Gasteiger partial charge is 0.345 e. The molecular formula is C11H18N2O2. The highest BCUT2D eigenvalue weighted by atomic mass is 16.2. The van der Waals surface area contributed by atoms with Crippen molar-refractivity contribution in [2.24, 2.45) is 5.92 Å². The van der Waals surface area contributed by atoms with E-state index in [0.29, 0.717) is 6.04 Å². The van der Waals surface area contributed by atoms with Crippen LogP contribution in [0.4, 0.5) is 0 Å². The highest BCUT2D eigenvalue weighted by Gasteiger charge is 2.41. The lowest BCUT2D eigenvalue weighted by atomic mass is 9.87. The molecular weight excluding hydrogens is 192 g/mol. The van der Waals surface area contributed by atoms with Crippen LogP contribution in [0.1, 0.15) is 33.1 Å². The van der Waals surface area contributed by atoms with Gasteiger partial charge in [-0.3, -0.25) is 9.59 Å². The lowest BCUT2D eigenvalue weighted by Gasteiger charge is -2.45. The zero-order valence-electron chi connectivity index (χ0n) is 9.32. The third-order valence-electron chi connectivity index (χ3n) is 3.37. The van der Waals surface area contributed by atoms with Crippen molar-refractivity contribution in [3.05, 3.63) is 0 Å². The Bertz CT molecular complexity index is 284. The molecule has 0 aromatic heterocycles. The van der Waals surface area contributed by atoms with Crippen LogP contribution in [-0.4, -0.2) is 35.3 Å². The second-order valence-electron chi connectivity index (χ2n) is 4.79. The summed E-state index contributed by atoms with van der Waals surface area (Å²) in [5, 5.41) is 2.67. The minimum atomic E-state index is -0.253. The normalized spacial score (nSPS) is 27.9. The third-order valence-corrected chi connectivity index (χ3v) is 3.37. The molecule has 1 N–H and O–H groups in total. The highest BCUT2D eigenvalue weighted by molar-refractivity contribution is 5.95. The summed E-state index contributed by atoms with van der Waals surface area (Å²) < 4.78 is 0. The van der Waals surface area contributed by atoms with Crippen molar-refractivity contribution in [1.29, 1.82) is 0 Å². The van der Waals surface area contributed by atoms with Crippen LogP contribution in [-0.2, 0) is 9.59 Å². The summed E-state index contributed by atoms with van der Waals surface area (Å²) in [5.74, 6) is 0.282. The second kappa shape index (κ2) is 3.83. The van der Waals surface area contributed by atoms with Crippen molar-refractivity contribution in [3.8, 4) is 0 Å². The number of nitrogens with zero attached hydrogens (tertiary/aromatic N) is 1. The van der Waals surface area contributed by atoms with Crippen molar-refractivity contribution < 1.29 is 9.59 Å². The van der Waals surface area contributed by atoms with Crippen molar-refractivity contribution >= 4 is 11.8 Å². The van der Waals surface area contributed by atoms with Gasteiger partial charge in [0.2, 0.25) is 11.8 Å². The molecule has 1 saturated carbocycles. The first-order valence-electron chi connectivity index (χ1n) is 5.70. The zero-order valence-corrected chi connectivity index (χ0v) is 9.32. The summed E-state index contributed by atoms with van der Waals surface area (Å²) in [5.41, 5.74) is 0. The molecule has 2 fully saturated rings. The van der Waals surface area contributed by atoms with E-state index in [-0.39, 0.29) is 30.3 Å². The molecule has 0 spiro atoms. The van der Waals surface area contributed by atoms with Gasteiger partial charge in [0, 0.05) is 6.04 Å². The molecule has 2 amide bonds. The predicted octanol–water partition coefficient (Wildman–Crippen LogP) is 0.522. The maximum Gasteiger partial charge on any atom is 0.243 e. The van der Waals surface area contributed by atoms with Crippen molar-refractivity contribution in [2.75, 3.05) is 6.54 Å². The van der Waals surface area contributed by atoms with Gasteiger partial charge in [-0.05, 0) is 25.2 Å². The molecule has 84 valence electrons. The molecule has 0 aromatic rings. The first-order valence-corrected chi connectivity index (χ1v) is 5.70. The van der Waals surface area contributed by atoms with E-state index < -0.39 is 0 Å². The number of piperazine rings is 1. The quantitative estimate of drug-likeness (QED) is 0.722. The van der Waals surface area contributed by atoms with Crippen LogP contribution in [0.2, 0.25) is 0 Å². The fourth-order valence-electron chi connectivity index (χ4n) is 2.36.